The molecule has 1 aromatic rings. The van der Waals surface area contributed by atoms with E-state index in [4.69, 9.17) is 15.9 Å². The van der Waals surface area contributed by atoms with Crippen molar-refractivity contribution in [3.05, 3.63) is 35.9 Å². The van der Waals surface area contributed by atoms with Gasteiger partial charge in [-0.1, -0.05) is 44.2 Å². The van der Waals surface area contributed by atoms with E-state index >= 15 is 0 Å². The predicted octanol–water partition coefficient (Wildman–Crippen LogP) is 1.87. The fourth-order valence-corrected chi connectivity index (χ4v) is 1.23. The predicted molar refractivity (Wildman–Crippen MR) is 57.3 cm³/mol. The maximum atomic E-state index is 6.99. The monoisotopic (exact) mass is 192 g/mol. The number of nitrogens with two attached hydrogens (primary N) is 1. The van der Waals surface area contributed by atoms with Crippen molar-refractivity contribution in [1.29, 1.82) is 5.41 Å². The van der Waals surface area contributed by atoms with E-state index in [1.165, 1.54) is 5.56 Å². The molecule has 0 unspecified atom stereocenters. The van der Waals surface area contributed by atoms with Crippen molar-refractivity contribution in [2.75, 3.05) is 6.61 Å². The Hall–Kier alpha value is -1.51. The second-order valence-electron chi connectivity index (χ2n) is 3.90. The first kappa shape index (κ1) is 10.6. The van der Waals surface area contributed by atoms with E-state index in [9.17, 15) is 0 Å². The Bertz CT molecular complexity index is 306. The highest BCUT2D eigenvalue weighted by atomic mass is 16.5. The summed E-state index contributed by atoms with van der Waals surface area (Å²) in [5.41, 5.74) is 6.20. The summed E-state index contributed by atoms with van der Waals surface area (Å²) in [6.45, 7) is 4.54. The van der Waals surface area contributed by atoms with Crippen molar-refractivity contribution in [2.45, 2.75) is 19.3 Å². The summed E-state index contributed by atoms with van der Waals surface area (Å²) >= 11 is 0. The molecule has 3 heteroatoms. The standard InChI is InChI=1S/C11H16N2O/c1-11(2,8-14-10(12)13)9-6-4-3-5-7-9/h3-7H,8H2,1-2H3,(H3,12,13). The highest BCUT2D eigenvalue weighted by molar-refractivity contribution is 5.67. The van der Waals surface area contributed by atoms with Crippen LogP contribution in [0.5, 0.6) is 0 Å². The number of rotatable bonds is 3. The van der Waals surface area contributed by atoms with Gasteiger partial charge in [0.05, 0.1) is 0 Å². The van der Waals surface area contributed by atoms with E-state index < -0.39 is 0 Å². The number of amidine groups is 1. The molecule has 3 nitrogen and oxygen atoms in total. The van der Waals surface area contributed by atoms with Crippen LogP contribution in [0.3, 0.4) is 0 Å². The van der Waals surface area contributed by atoms with E-state index in [1.807, 2.05) is 30.3 Å². The minimum absolute atomic E-state index is 0.118. The first-order chi connectivity index (χ1) is 6.52. The summed E-state index contributed by atoms with van der Waals surface area (Å²) in [7, 11) is 0. The molecule has 0 fully saturated rings. The fourth-order valence-electron chi connectivity index (χ4n) is 1.23. The third-order valence-electron chi connectivity index (χ3n) is 2.14. The summed E-state index contributed by atoms with van der Waals surface area (Å²) in [5, 5.41) is 6.99. The summed E-state index contributed by atoms with van der Waals surface area (Å²) in [6, 6.07) is 9.82. The fraction of sp³-hybridized carbons (Fsp3) is 0.364. The van der Waals surface area contributed by atoms with E-state index in [1.54, 1.807) is 0 Å². The molecule has 1 rings (SSSR count). The van der Waals surface area contributed by atoms with Crippen molar-refractivity contribution < 1.29 is 4.74 Å². The molecule has 0 aromatic heterocycles. The first-order valence-electron chi connectivity index (χ1n) is 4.55. The Morgan fingerprint density at radius 2 is 1.93 bits per heavy atom. The average molecular weight is 192 g/mol. The van der Waals surface area contributed by atoms with Crippen molar-refractivity contribution >= 4 is 6.02 Å². The van der Waals surface area contributed by atoms with Gasteiger partial charge in [0.25, 0.3) is 6.02 Å². The van der Waals surface area contributed by atoms with E-state index in [0.29, 0.717) is 6.61 Å². The molecule has 1 aromatic carbocycles. The van der Waals surface area contributed by atoms with Crippen LogP contribution in [0.25, 0.3) is 0 Å². The summed E-state index contributed by atoms with van der Waals surface area (Å²) in [4.78, 5) is 0. The molecule has 14 heavy (non-hydrogen) atoms. The Labute approximate surface area is 84.4 Å². The molecular formula is C11H16N2O. The molecule has 0 bridgehead atoms. The van der Waals surface area contributed by atoms with Gasteiger partial charge >= 0.3 is 0 Å². The number of nitrogens with one attached hydrogen (secondary N) is 1. The van der Waals surface area contributed by atoms with Crippen LogP contribution in [0.1, 0.15) is 19.4 Å². The van der Waals surface area contributed by atoms with Crippen molar-refractivity contribution in [2.24, 2.45) is 5.73 Å². The largest absolute Gasteiger partial charge is 0.465 e. The zero-order valence-electron chi connectivity index (χ0n) is 8.58. The molecular weight excluding hydrogens is 176 g/mol. The molecule has 0 atom stereocenters. The average Bonchev–Trinajstić information content (AvgIpc) is 2.16. The van der Waals surface area contributed by atoms with Gasteiger partial charge in [-0.2, -0.15) is 0 Å². The molecule has 0 heterocycles. The van der Waals surface area contributed by atoms with Crippen LogP contribution in [0.15, 0.2) is 30.3 Å². The number of ether oxygens (including phenoxy) is 1. The summed E-state index contributed by atoms with van der Waals surface area (Å²) in [5.74, 6) is 0. The summed E-state index contributed by atoms with van der Waals surface area (Å²) in [6.07, 6.45) is 0. The second kappa shape index (κ2) is 4.13. The van der Waals surface area contributed by atoms with E-state index in [2.05, 4.69) is 13.8 Å². The van der Waals surface area contributed by atoms with Gasteiger partial charge in [0.2, 0.25) is 0 Å². The molecule has 0 aliphatic heterocycles. The third-order valence-corrected chi connectivity index (χ3v) is 2.14. The molecule has 76 valence electrons. The molecule has 0 spiro atoms. The number of hydrogen-bond acceptors (Lipinski definition) is 2. The van der Waals surface area contributed by atoms with Crippen LogP contribution < -0.4 is 5.73 Å². The van der Waals surface area contributed by atoms with E-state index in [-0.39, 0.29) is 11.4 Å². The third kappa shape index (κ3) is 2.76. The molecule has 0 amide bonds. The van der Waals surface area contributed by atoms with Crippen LogP contribution in [0.4, 0.5) is 0 Å². The lowest BCUT2D eigenvalue weighted by atomic mass is 9.86. The maximum absolute atomic E-state index is 6.99. The minimum Gasteiger partial charge on any atom is -0.465 e. The number of benzene rings is 1. The van der Waals surface area contributed by atoms with Crippen molar-refractivity contribution in [3.63, 3.8) is 0 Å². The van der Waals surface area contributed by atoms with Crippen LogP contribution >= 0.6 is 0 Å². The first-order valence-corrected chi connectivity index (χ1v) is 4.55. The Morgan fingerprint density at radius 1 is 1.36 bits per heavy atom. The van der Waals surface area contributed by atoms with Gasteiger partial charge in [0.15, 0.2) is 0 Å². The van der Waals surface area contributed by atoms with Crippen molar-refractivity contribution in [3.8, 4) is 0 Å². The topological polar surface area (TPSA) is 59.1 Å². The molecule has 0 saturated heterocycles. The lowest BCUT2D eigenvalue weighted by molar-refractivity contribution is 0.224. The van der Waals surface area contributed by atoms with Crippen LogP contribution in [0.2, 0.25) is 0 Å². The van der Waals surface area contributed by atoms with Gasteiger partial charge in [0.1, 0.15) is 6.61 Å². The smallest absolute Gasteiger partial charge is 0.279 e. The quantitative estimate of drug-likeness (QED) is 0.567. The molecule has 0 radical (unpaired) electrons. The van der Waals surface area contributed by atoms with Gasteiger partial charge < -0.3 is 10.5 Å². The van der Waals surface area contributed by atoms with Gasteiger partial charge in [-0.05, 0) is 5.56 Å². The zero-order chi connectivity index (χ0) is 10.6. The molecule has 0 aliphatic carbocycles. The lowest BCUT2D eigenvalue weighted by Crippen LogP contribution is -2.28. The lowest BCUT2D eigenvalue weighted by Gasteiger charge is -2.24. The normalized spacial score (nSPS) is 11.0. The summed E-state index contributed by atoms with van der Waals surface area (Å²) < 4.78 is 5.02. The number of hydrogen-bond donors (Lipinski definition) is 2. The SMILES string of the molecule is CC(C)(COC(=N)N)c1ccccc1. The molecule has 3 N–H and O–H groups in total. The van der Waals surface area contributed by atoms with Gasteiger partial charge in [0, 0.05) is 5.41 Å². The Balaban J connectivity index is 2.70. The highest BCUT2D eigenvalue weighted by Crippen LogP contribution is 2.22. The molecule has 0 saturated carbocycles. The molecule has 0 aliphatic rings. The van der Waals surface area contributed by atoms with Gasteiger partial charge in [-0.15, -0.1) is 0 Å². The second-order valence-corrected chi connectivity index (χ2v) is 3.90. The van der Waals surface area contributed by atoms with Crippen molar-refractivity contribution in [1.82, 2.24) is 0 Å². The maximum Gasteiger partial charge on any atom is 0.279 e. The van der Waals surface area contributed by atoms with Gasteiger partial charge in [-0.25, -0.2) is 0 Å². The Kier molecular flexibility index (Phi) is 3.12. The Morgan fingerprint density at radius 3 is 2.43 bits per heavy atom. The highest BCUT2D eigenvalue weighted by Gasteiger charge is 2.21. The minimum atomic E-state index is -0.228. The van der Waals surface area contributed by atoms with E-state index in [0.717, 1.165) is 0 Å². The van der Waals surface area contributed by atoms with Crippen LogP contribution in [-0.4, -0.2) is 12.6 Å². The zero-order valence-corrected chi connectivity index (χ0v) is 8.58. The van der Waals surface area contributed by atoms with Gasteiger partial charge in [-0.3, -0.25) is 5.41 Å². The van der Waals surface area contributed by atoms with Crippen LogP contribution in [0, 0.1) is 5.41 Å². The van der Waals surface area contributed by atoms with Crippen LogP contribution in [-0.2, 0) is 10.2 Å².